The molecule has 2 rings (SSSR count). The maximum absolute atomic E-state index is 12.1. The fraction of sp³-hybridized carbons (Fsp3) is 0.824. The Bertz CT molecular complexity index is 355. The molecule has 0 aromatic rings. The molecule has 0 aromatic carbocycles. The predicted molar refractivity (Wildman–Crippen MR) is 80.1 cm³/mol. The molecule has 2 aliphatic rings. The van der Waals surface area contributed by atoms with E-state index in [0.717, 1.165) is 63.8 Å². The van der Waals surface area contributed by atoms with Crippen LogP contribution in [0.1, 0.15) is 51.9 Å². The highest BCUT2D eigenvalue weighted by Crippen LogP contribution is 2.30. The van der Waals surface area contributed by atoms with Crippen molar-refractivity contribution >= 4 is 5.91 Å². The van der Waals surface area contributed by atoms with E-state index in [9.17, 15) is 4.79 Å². The lowest BCUT2D eigenvalue weighted by Gasteiger charge is -2.37. The second-order valence-corrected chi connectivity index (χ2v) is 5.98. The maximum atomic E-state index is 12.1. The number of hydrogen-bond donors (Lipinski definition) is 0. The molecule has 0 aromatic heterocycles. The first-order valence-electron chi connectivity index (χ1n) is 8.06. The van der Waals surface area contributed by atoms with Crippen LogP contribution < -0.4 is 0 Å². The van der Waals surface area contributed by atoms with Crippen LogP contribution >= 0.6 is 0 Å². The molecule has 0 radical (unpaired) electrons. The minimum Gasteiger partial charge on any atom is -0.381 e. The first-order chi connectivity index (χ1) is 9.81. The van der Waals surface area contributed by atoms with Gasteiger partial charge < -0.3 is 9.64 Å². The number of hydrogen-bond acceptors (Lipinski definition) is 2. The lowest BCUT2D eigenvalue weighted by molar-refractivity contribution is -0.133. The number of amides is 1. The van der Waals surface area contributed by atoms with Gasteiger partial charge in [0, 0.05) is 39.1 Å². The van der Waals surface area contributed by atoms with Gasteiger partial charge in [-0.3, -0.25) is 4.79 Å². The Morgan fingerprint density at radius 3 is 2.70 bits per heavy atom. The van der Waals surface area contributed by atoms with Gasteiger partial charge in [-0.1, -0.05) is 0 Å². The van der Waals surface area contributed by atoms with E-state index >= 15 is 0 Å². The van der Waals surface area contributed by atoms with Gasteiger partial charge in [0.25, 0.3) is 0 Å². The van der Waals surface area contributed by atoms with Gasteiger partial charge in [0.2, 0.25) is 5.91 Å². The average molecular weight is 277 g/mol. The molecule has 0 saturated carbocycles. The van der Waals surface area contributed by atoms with Gasteiger partial charge in [-0.2, -0.15) is 0 Å². The molecule has 0 spiro atoms. The van der Waals surface area contributed by atoms with Crippen molar-refractivity contribution in [1.29, 1.82) is 0 Å². The number of carbonyl (C=O) groups is 1. The molecule has 20 heavy (non-hydrogen) atoms. The molecule has 2 fully saturated rings. The molecule has 2 aliphatic heterocycles. The first kappa shape index (κ1) is 15.4. The van der Waals surface area contributed by atoms with E-state index in [2.05, 4.69) is 16.7 Å². The monoisotopic (exact) mass is 277 g/mol. The third-order valence-corrected chi connectivity index (χ3v) is 4.62. The minimum atomic E-state index is 0.321. The summed E-state index contributed by atoms with van der Waals surface area (Å²) in [5.74, 6) is 7.72. The Morgan fingerprint density at radius 2 is 2.05 bits per heavy atom. The summed E-state index contributed by atoms with van der Waals surface area (Å²) in [4.78, 5) is 14.2. The molecule has 0 aliphatic carbocycles. The second-order valence-electron chi connectivity index (χ2n) is 5.98. The normalized spacial score (nSPS) is 24.1. The number of likely N-dealkylation sites (tertiary alicyclic amines) is 1. The van der Waals surface area contributed by atoms with E-state index in [1.54, 1.807) is 0 Å². The van der Waals surface area contributed by atoms with E-state index in [-0.39, 0.29) is 0 Å². The van der Waals surface area contributed by atoms with Crippen molar-refractivity contribution in [3.8, 4) is 11.8 Å². The molecule has 3 heteroatoms. The number of rotatable bonds is 4. The molecule has 1 unspecified atom stereocenters. The molecular formula is C17H27NO2. The van der Waals surface area contributed by atoms with E-state index in [4.69, 9.17) is 4.74 Å². The summed E-state index contributed by atoms with van der Waals surface area (Å²) in [5, 5.41) is 0. The first-order valence-corrected chi connectivity index (χ1v) is 8.06. The molecule has 2 heterocycles. The van der Waals surface area contributed by atoms with Gasteiger partial charge in [-0.25, -0.2) is 0 Å². The summed E-state index contributed by atoms with van der Waals surface area (Å²) in [6.45, 7) is 5.61. The van der Waals surface area contributed by atoms with Crippen molar-refractivity contribution in [3.63, 3.8) is 0 Å². The van der Waals surface area contributed by atoms with E-state index in [1.165, 1.54) is 12.8 Å². The molecule has 112 valence electrons. The van der Waals surface area contributed by atoms with Crippen LogP contribution in [0.3, 0.4) is 0 Å². The minimum absolute atomic E-state index is 0.321. The zero-order chi connectivity index (χ0) is 14.2. The Hall–Kier alpha value is -1.01. The number of ether oxygens (including phenoxy) is 1. The fourth-order valence-electron chi connectivity index (χ4n) is 3.37. The lowest BCUT2D eigenvalue weighted by atomic mass is 9.81. The van der Waals surface area contributed by atoms with Gasteiger partial charge in [0.15, 0.2) is 0 Å². The van der Waals surface area contributed by atoms with Crippen LogP contribution in [0.15, 0.2) is 0 Å². The highest BCUT2D eigenvalue weighted by molar-refractivity contribution is 5.76. The number of carbonyl (C=O) groups excluding carboxylic acids is 1. The van der Waals surface area contributed by atoms with E-state index in [0.29, 0.717) is 12.3 Å². The van der Waals surface area contributed by atoms with Crippen LogP contribution in [0.2, 0.25) is 0 Å². The van der Waals surface area contributed by atoms with Crippen molar-refractivity contribution in [2.24, 2.45) is 11.8 Å². The van der Waals surface area contributed by atoms with Crippen molar-refractivity contribution in [2.45, 2.75) is 51.9 Å². The third-order valence-electron chi connectivity index (χ3n) is 4.62. The summed E-state index contributed by atoms with van der Waals surface area (Å²) in [5.41, 5.74) is 0. The van der Waals surface area contributed by atoms with E-state index < -0.39 is 0 Å². The molecule has 3 nitrogen and oxygen atoms in total. The van der Waals surface area contributed by atoms with Crippen molar-refractivity contribution < 1.29 is 9.53 Å². The van der Waals surface area contributed by atoms with Crippen molar-refractivity contribution in [1.82, 2.24) is 4.90 Å². The zero-order valence-corrected chi connectivity index (χ0v) is 12.7. The highest BCUT2D eigenvalue weighted by atomic mass is 16.5. The van der Waals surface area contributed by atoms with Gasteiger partial charge in [0.1, 0.15) is 0 Å². The summed E-state index contributed by atoms with van der Waals surface area (Å²) in [6, 6.07) is 0. The highest BCUT2D eigenvalue weighted by Gasteiger charge is 2.29. The average Bonchev–Trinajstić information content (AvgIpc) is 2.52. The molecule has 2 saturated heterocycles. The van der Waals surface area contributed by atoms with Crippen LogP contribution in [0.25, 0.3) is 0 Å². The van der Waals surface area contributed by atoms with Crippen LogP contribution in [-0.4, -0.2) is 37.1 Å². The number of nitrogens with zero attached hydrogens (tertiary/aromatic N) is 1. The zero-order valence-electron chi connectivity index (χ0n) is 12.7. The van der Waals surface area contributed by atoms with Crippen LogP contribution in [0.4, 0.5) is 0 Å². The summed E-state index contributed by atoms with van der Waals surface area (Å²) < 4.78 is 5.59. The summed E-state index contributed by atoms with van der Waals surface area (Å²) in [7, 11) is 0. The quantitative estimate of drug-likeness (QED) is 0.584. The topological polar surface area (TPSA) is 29.5 Å². The molecule has 0 bridgehead atoms. The predicted octanol–water partition coefficient (Wildman–Crippen LogP) is 2.85. The number of unbranched alkanes of at least 4 members (excludes halogenated alkanes) is 1. The molecule has 0 N–H and O–H groups in total. The maximum Gasteiger partial charge on any atom is 0.222 e. The van der Waals surface area contributed by atoms with Crippen LogP contribution in [0.5, 0.6) is 0 Å². The largest absolute Gasteiger partial charge is 0.381 e. The van der Waals surface area contributed by atoms with Gasteiger partial charge in [-0.05, 0) is 50.9 Å². The smallest absolute Gasteiger partial charge is 0.222 e. The van der Waals surface area contributed by atoms with Crippen molar-refractivity contribution in [3.05, 3.63) is 0 Å². The fourth-order valence-corrected chi connectivity index (χ4v) is 3.37. The summed E-state index contributed by atoms with van der Waals surface area (Å²) in [6.07, 6.45) is 7.25. The standard InChI is InChI=1S/C17H27NO2/c1-2-3-4-5-8-17(19)18-11-9-15(10-12-18)16-7-6-13-20-14-16/h15-16H,4-14H2,1H3. The second kappa shape index (κ2) is 8.32. The molecular weight excluding hydrogens is 250 g/mol. The van der Waals surface area contributed by atoms with Gasteiger partial charge in [-0.15, -0.1) is 11.8 Å². The third kappa shape index (κ3) is 4.52. The Kier molecular flexibility index (Phi) is 6.39. The van der Waals surface area contributed by atoms with Gasteiger partial charge in [0.05, 0.1) is 0 Å². The Balaban J connectivity index is 1.67. The SMILES string of the molecule is CC#CCCCC(=O)N1CCC(C2CCCOC2)CC1. The molecule has 1 amide bonds. The van der Waals surface area contributed by atoms with E-state index in [1.807, 2.05) is 6.92 Å². The van der Waals surface area contributed by atoms with Crippen LogP contribution in [-0.2, 0) is 9.53 Å². The Labute approximate surface area is 123 Å². The van der Waals surface area contributed by atoms with Crippen LogP contribution in [0, 0.1) is 23.7 Å². The Morgan fingerprint density at radius 1 is 1.25 bits per heavy atom. The lowest BCUT2D eigenvalue weighted by Crippen LogP contribution is -2.41. The van der Waals surface area contributed by atoms with Gasteiger partial charge >= 0.3 is 0 Å². The van der Waals surface area contributed by atoms with Crippen molar-refractivity contribution in [2.75, 3.05) is 26.3 Å². The molecule has 1 atom stereocenters. The number of piperidine rings is 1. The summed E-state index contributed by atoms with van der Waals surface area (Å²) >= 11 is 0.